The number of benzene rings is 3. The topological polar surface area (TPSA) is 62.9 Å². The van der Waals surface area contributed by atoms with Crippen molar-refractivity contribution in [2.45, 2.75) is 13.2 Å². The van der Waals surface area contributed by atoms with Gasteiger partial charge >= 0.3 is 0 Å². The molecule has 0 spiro atoms. The number of hydrogen-bond acceptors (Lipinski definition) is 5. The first kappa shape index (κ1) is 19.7. The van der Waals surface area contributed by atoms with Gasteiger partial charge in [-0.3, -0.25) is 0 Å². The minimum atomic E-state index is 0.325. The Hall–Kier alpha value is -3.05. The van der Waals surface area contributed by atoms with Crippen LogP contribution in [0.3, 0.4) is 0 Å². The van der Waals surface area contributed by atoms with Gasteiger partial charge in [0.25, 0.3) is 0 Å². The Morgan fingerprint density at radius 1 is 0.714 bits per heavy atom. The molecule has 6 heteroatoms. The fourth-order valence-electron chi connectivity index (χ4n) is 2.56. The van der Waals surface area contributed by atoms with Crippen LogP contribution >= 0.6 is 11.6 Å². The maximum Gasteiger partial charge on any atom is 0.182 e. The largest absolute Gasteiger partial charge is 0.497 e. The van der Waals surface area contributed by atoms with Gasteiger partial charge in [0.2, 0.25) is 0 Å². The lowest BCUT2D eigenvalue weighted by Gasteiger charge is -2.16. The smallest absolute Gasteiger partial charge is 0.182 e. The summed E-state index contributed by atoms with van der Waals surface area (Å²) in [6.45, 7) is 0.690. The van der Waals surface area contributed by atoms with Crippen LogP contribution in [0.15, 0.2) is 60.7 Å². The summed E-state index contributed by atoms with van der Waals surface area (Å²) in [5.74, 6) is 2.53. The number of nitrogens with two attached hydrogens (primary N) is 1. The zero-order valence-corrected chi connectivity index (χ0v) is 16.5. The molecule has 3 aromatic carbocycles. The van der Waals surface area contributed by atoms with Crippen LogP contribution in [0.4, 0.5) is 5.69 Å². The monoisotopic (exact) mass is 399 g/mol. The van der Waals surface area contributed by atoms with Gasteiger partial charge in [-0.1, -0.05) is 35.9 Å². The number of halogens is 1. The van der Waals surface area contributed by atoms with Crippen LogP contribution in [0.1, 0.15) is 11.1 Å². The molecule has 0 aliphatic heterocycles. The molecule has 0 saturated heterocycles. The number of nitrogen functional groups attached to an aromatic ring is 1. The molecule has 0 amide bonds. The van der Waals surface area contributed by atoms with E-state index in [1.165, 1.54) is 0 Å². The van der Waals surface area contributed by atoms with Crippen molar-refractivity contribution in [2.24, 2.45) is 0 Å². The lowest BCUT2D eigenvalue weighted by atomic mass is 10.2. The predicted molar refractivity (Wildman–Crippen MR) is 111 cm³/mol. The van der Waals surface area contributed by atoms with Gasteiger partial charge in [-0.15, -0.1) is 0 Å². The van der Waals surface area contributed by atoms with E-state index in [2.05, 4.69) is 0 Å². The molecule has 0 fully saturated rings. The molecular formula is C22H22ClNO4. The Morgan fingerprint density at radius 3 is 1.71 bits per heavy atom. The Labute approximate surface area is 169 Å². The van der Waals surface area contributed by atoms with E-state index in [0.717, 1.165) is 22.6 Å². The van der Waals surface area contributed by atoms with Crippen molar-refractivity contribution in [3.63, 3.8) is 0 Å². The van der Waals surface area contributed by atoms with E-state index in [4.69, 9.17) is 36.3 Å². The van der Waals surface area contributed by atoms with Crippen LogP contribution in [0.2, 0.25) is 5.02 Å². The molecule has 3 rings (SSSR count). The molecule has 0 bridgehead atoms. The highest BCUT2D eigenvalue weighted by Gasteiger charge is 2.14. The average molecular weight is 400 g/mol. The van der Waals surface area contributed by atoms with E-state index in [0.29, 0.717) is 35.4 Å². The fraction of sp³-hybridized carbons (Fsp3) is 0.182. The lowest BCUT2D eigenvalue weighted by Crippen LogP contribution is -2.02. The molecule has 146 valence electrons. The third kappa shape index (κ3) is 4.81. The fourth-order valence-corrected chi connectivity index (χ4v) is 2.77. The zero-order chi connectivity index (χ0) is 19.9. The van der Waals surface area contributed by atoms with Crippen molar-refractivity contribution in [1.29, 1.82) is 0 Å². The van der Waals surface area contributed by atoms with Gasteiger partial charge in [-0.2, -0.15) is 0 Å². The highest BCUT2D eigenvalue weighted by atomic mass is 35.5. The highest BCUT2D eigenvalue weighted by molar-refractivity contribution is 6.34. The molecule has 0 radical (unpaired) electrons. The summed E-state index contributed by atoms with van der Waals surface area (Å²) < 4.78 is 22.2. The Kier molecular flexibility index (Phi) is 6.50. The maximum atomic E-state index is 6.37. The van der Waals surface area contributed by atoms with Gasteiger partial charge in [-0.25, -0.2) is 0 Å². The summed E-state index contributed by atoms with van der Waals surface area (Å²) in [6.07, 6.45) is 0. The molecule has 2 N–H and O–H groups in total. The quantitative estimate of drug-likeness (QED) is 0.534. The van der Waals surface area contributed by atoms with Gasteiger partial charge in [0.1, 0.15) is 29.7 Å². The summed E-state index contributed by atoms with van der Waals surface area (Å²) in [5, 5.41) is 0.334. The lowest BCUT2D eigenvalue weighted by molar-refractivity contribution is 0.256. The summed E-state index contributed by atoms with van der Waals surface area (Å²) in [7, 11) is 3.26. The predicted octanol–water partition coefficient (Wildman–Crippen LogP) is 5.10. The highest BCUT2D eigenvalue weighted by Crippen LogP contribution is 2.40. The Bertz CT molecular complexity index is 911. The van der Waals surface area contributed by atoms with Crippen LogP contribution in [0.5, 0.6) is 23.0 Å². The van der Waals surface area contributed by atoms with Crippen molar-refractivity contribution in [3.8, 4) is 23.0 Å². The van der Waals surface area contributed by atoms with E-state index in [9.17, 15) is 0 Å². The van der Waals surface area contributed by atoms with E-state index in [-0.39, 0.29) is 0 Å². The van der Waals surface area contributed by atoms with Crippen molar-refractivity contribution >= 4 is 17.3 Å². The Morgan fingerprint density at radius 2 is 1.21 bits per heavy atom. The van der Waals surface area contributed by atoms with E-state index in [1.807, 2.05) is 48.5 Å². The average Bonchev–Trinajstić information content (AvgIpc) is 2.74. The standard InChI is InChI=1S/C22H22ClNO4/c1-25-17-7-3-15(4-8-17)13-27-20-12-11-19(24)21(23)22(20)28-14-16-5-9-18(26-2)10-6-16/h3-12H,13-14,24H2,1-2H3. The van der Waals surface area contributed by atoms with Crippen LogP contribution in [0, 0.1) is 0 Å². The zero-order valence-electron chi connectivity index (χ0n) is 15.8. The molecule has 3 aromatic rings. The molecule has 28 heavy (non-hydrogen) atoms. The third-order valence-corrected chi connectivity index (χ3v) is 4.58. The van der Waals surface area contributed by atoms with Crippen molar-refractivity contribution in [2.75, 3.05) is 20.0 Å². The summed E-state index contributed by atoms with van der Waals surface area (Å²) >= 11 is 6.37. The van der Waals surface area contributed by atoms with Crippen LogP contribution in [0.25, 0.3) is 0 Å². The molecule has 0 aliphatic rings. The first-order chi connectivity index (χ1) is 13.6. The number of ether oxygens (including phenoxy) is 4. The first-order valence-electron chi connectivity index (χ1n) is 8.70. The van der Waals surface area contributed by atoms with Crippen LogP contribution in [-0.4, -0.2) is 14.2 Å². The molecule has 0 aliphatic carbocycles. The van der Waals surface area contributed by atoms with E-state index in [1.54, 1.807) is 26.4 Å². The minimum absolute atomic E-state index is 0.325. The van der Waals surface area contributed by atoms with Crippen LogP contribution < -0.4 is 24.7 Å². The molecule has 0 heterocycles. The summed E-state index contributed by atoms with van der Waals surface area (Å²) in [4.78, 5) is 0. The second-order valence-corrected chi connectivity index (χ2v) is 6.45. The Balaban J connectivity index is 1.72. The van der Waals surface area contributed by atoms with Crippen LogP contribution in [-0.2, 0) is 13.2 Å². The normalized spacial score (nSPS) is 10.4. The number of methoxy groups -OCH3 is 2. The van der Waals surface area contributed by atoms with Gasteiger partial charge in [0.05, 0.1) is 19.9 Å². The molecule has 0 aromatic heterocycles. The maximum absolute atomic E-state index is 6.37. The molecular weight excluding hydrogens is 378 g/mol. The van der Waals surface area contributed by atoms with Crippen molar-refractivity contribution in [3.05, 3.63) is 76.8 Å². The second-order valence-electron chi connectivity index (χ2n) is 6.07. The van der Waals surface area contributed by atoms with Crippen molar-refractivity contribution < 1.29 is 18.9 Å². The summed E-state index contributed by atoms with van der Waals surface area (Å²) in [5.41, 5.74) is 8.34. The minimum Gasteiger partial charge on any atom is -0.497 e. The van der Waals surface area contributed by atoms with Crippen molar-refractivity contribution in [1.82, 2.24) is 0 Å². The van der Waals surface area contributed by atoms with Gasteiger partial charge < -0.3 is 24.7 Å². The number of hydrogen-bond donors (Lipinski definition) is 1. The van der Waals surface area contributed by atoms with Gasteiger partial charge in [-0.05, 0) is 47.5 Å². The molecule has 0 atom stereocenters. The molecule has 5 nitrogen and oxygen atoms in total. The molecule has 0 saturated carbocycles. The number of anilines is 1. The van der Waals surface area contributed by atoms with Gasteiger partial charge in [0, 0.05) is 0 Å². The van der Waals surface area contributed by atoms with E-state index < -0.39 is 0 Å². The first-order valence-corrected chi connectivity index (χ1v) is 9.08. The van der Waals surface area contributed by atoms with Gasteiger partial charge in [0.15, 0.2) is 11.5 Å². The second kappa shape index (κ2) is 9.24. The summed E-state index contributed by atoms with van der Waals surface area (Å²) in [6, 6.07) is 18.7. The molecule has 0 unspecified atom stereocenters. The third-order valence-electron chi connectivity index (χ3n) is 4.19. The SMILES string of the molecule is COc1ccc(COc2ccc(N)c(Cl)c2OCc2ccc(OC)cc2)cc1. The number of rotatable bonds is 8. The van der Waals surface area contributed by atoms with E-state index >= 15 is 0 Å².